The van der Waals surface area contributed by atoms with Crippen LogP contribution in [0.25, 0.3) is 0 Å². The molecule has 0 aromatic carbocycles. The van der Waals surface area contributed by atoms with E-state index in [1.54, 1.807) is 0 Å². The Balaban J connectivity index is 5.07. The molecule has 9 N–H and O–H groups in total. The Morgan fingerprint density at radius 3 is 1.69 bits per heavy atom. The van der Waals surface area contributed by atoms with Crippen molar-refractivity contribution in [2.75, 3.05) is 37.9 Å². The average Bonchev–Trinajstić information content (AvgIpc) is 3.07. The van der Waals surface area contributed by atoms with Gasteiger partial charge in [0.2, 0.25) is 27.4 Å². The van der Waals surface area contributed by atoms with Gasteiger partial charge in [0.15, 0.2) is 0 Å². The number of ether oxygens (including phenoxy) is 2. The number of carboxylic acid groups (broad SMARTS) is 1. The Labute approximate surface area is 322 Å². The first kappa shape index (κ1) is 49.2. The van der Waals surface area contributed by atoms with E-state index in [0.29, 0.717) is 18.6 Å². The highest BCUT2D eigenvalue weighted by Gasteiger charge is 2.32. The number of alkyl halides is 3. The SMILES string of the molecule is CCCCCCCCCCCC(=O)OCCCSC[C@H](NC(=O)OCC(Cl)(Cl)Cl)C(=O)N[C@@H](CO)C(=O)N[C@@H](CO)C(=O)N[C@@H](CC(N)=O)C(=O)O. The minimum Gasteiger partial charge on any atom is -0.480 e. The van der Waals surface area contributed by atoms with E-state index in [9.17, 15) is 48.9 Å². The van der Waals surface area contributed by atoms with Crippen molar-refractivity contribution in [2.45, 2.75) is 112 Å². The fourth-order valence-electron chi connectivity index (χ4n) is 4.32. The van der Waals surface area contributed by atoms with E-state index >= 15 is 0 Å². The van der Waals surface area contributed by atoms with Gasteiger partial charge in [0.25, 0.3) is 0 Å². The molecule has 0 aliphatic rings. The Morgan fingerprint density at radius 2 is 1.21 bits per heavy atom. The number of halogens is 3. The molecule has 0 radical (unpaired) electrons. The molecule has 52 heavy (non-hydrogen) atoms. The molecule has 4 atom stereocenters. The molecule has 0 heterocycles. The highest BCUT2D eigenvalue weighted by molar-refractivity contribution is 7.99. The fourth-order valence-corrected chi connectivity index (χ4v) is 5.44. The minimum atomic E-state index is -1.95. The summed E-state index contributed by atoms with van der Waals surface area (Å²) >= 11 is 18.0. The zero-order valence-corrected chi connectivity index (χ0v) is 32.3. The maximum Gasteiger partial charge on any atom is 0.407 e. The van der Waals surface area contributed by atoms with Crippen molar-refractivity contribution < 1.29 is 58.4 Å². The van der Waals surface area contributed by atoms with Crippen LogP contribution in [0, 0.1) is 0 Å². The van der Waals surface area contributed by atoms with Crippen molar-refractivity contribution >= 4 is 88.2 Å². The van der Waals surface area contributed by atoms with Crippen LogP contribution in [0.15, 0.2) is 0 Å². The number of nitrogens with one attached hydrogen (secondary N) is 4. The summed E-state index contributed by atoms with van der Waals surface area (Å²) in [5, 5.41) is 37.1. The quantitative estimate of drug-likeness (QED) is 0.0302. The van der Waals surface area contributed by atoms with Crippen molar-refractivity contribution in [3.05, 3.63) is 0 Å². The lowest BCUT2D eigenvalue weighted by Gasteiger charge is -2.24. The number of unbranched alkanes of at least 4 members (excludes halogenated alkanes) is 8. The van der Waals surface area contributed by atoms with Crippen LogP contribution in [0.5, 0.6) is 0 Å². The molecule has 0 bridgehead atoms. The number of nitrogens with two attached hydrogens (primary N) is 1. The molecule has 0 fully saturated rings. The number of carboxylic acids is 1. The van der Waals surface area contributed by atoms with Crippen LogP contribution in [0.4, 0.5) is 4.79 Å². The Bertz CT molecular complexity index is 1140. The second-order valence-corrected chi connectivity index (χ2v) is 15.3. The van der Waals surface area contributed by atoms with E-state index < -0.39 is 89.9 Å². The number of thioether (sulfide) groups is 1. The Kier molecular flexibility index (Phi) is 27.2. The molecule has 0 spiro atoms. The van der Waals surface area contributed by atoms with Crippen LogP contribution in [0.2, 0.25) is 0 Å². The maximum atomic E-state index is 13.1. The lowest BCUT2D eigenvalue weighted by molar-refractivity contribution is -0.144. The number of alkyl carbamates (subject to hydrolysis) is 1. The van der Waals surface area contributed by atoms with Crippen molar-refractivity contribution in [2.24, 2.45) is 5.73 Å². The number of aliphatic carboxylic acids is 1. The molecule has 21 heteroatoms. The van der Waals surface area contributed by atoms with Crippen molar-refractivity contribution in [3.63, 3.8) is 0 Å². The number of carbonyl (C=O) groups is 7. The molecule has 5 amide bonds. The molecule has 0 unspecified atom stereocenters. The normalized spacial score (nSPS) is 13.5. The molecule has 0 saturated carbocycles. The monoisotopic (exact) mass is 823 g/mol. The largest absolute Gasteiger partial charge is 0.480 e. The van der Waals surface area contributed by atoms with Crippen LogP contribution in [-0.2, 0) is 38.2 Å². The fraction of sp³-hybridized carbons (Fsp3) is 0.774. The number of aliphatic hydroxyl groups is 2. The van der Waals surface area contributed by atoms with Gasteiger partial charge in [-0.15, -0.1) is 0 Å². The van der Waals surface area contributed by atoms with Gasteiger partial charge >= 0.3 is 18.0 Å². The number of carbonyl (C=O) groups excluding carboxylic acids is 6. The van der Waals surface area contributed by atoms with E-state index in [0.717, 1.165) is 25.7 Å². The summed E-state index contributed by atoms with van der Waals surface area (Å²) in [6.45, 7) is -0.374. The summed E-state index contributed by atoms with van der Waals surface area (Å²) < 4.78 is 8.13. The highest BCUT2D eigenvalue weighted by Crippen LogP contribution is 2.25. The van der Waals surface area contributed by atoms with Gasteiger partial charge in [-0.25, -0.2) is 9.59 Å². The minimum absolute atomic E-state index is 0.0844. The van der Waals surface area contributed by atoms with Crippen LogP contribution < -0.4 is 27.0 Å². The van der Waals surface area contributed by atoms with Gasteiger partial charge in [0.1, 0.15) is 30.8 Å². The second kappa shape index (κ2) is 28.7. The van der Waals surface area contributed by atoms with Crippen LogP contribution >= 0.6 is 46.6 Å². The van der Waals surface area contributed by atoms with Gasteiger partial charge in [0, 0.05) is 12.2 Å². The summed E-state index contributed by atoms with van der Waals surface area (Å²) in [5.74, 6) is -5.98. The van der Waals surface area contributed by atoms with Crippen molar-refractivity contribution in [3.8, 4) is 0 Å². The molecule has 0 aromatic rings. The summed E-state index contributed by atoms with van der Waals surface area (Å²) in [7, 11) is 0. The first-order chi connectivity index (χ1) is 24.5. The van der Waals surface area contributed by atoms with Crippen LogP contribution in [-0.4, -0.2) is 123 Å². The predicted octanol–water partition coefficient (Wildman–Crippen LogP) is 1.44. The highest BCUT2D eigenvalue weighted by atomic mass is 35.6. The summed E-state index contributed by atoms with van der Waals surface area (Å²) in [6, 6.07) is -6.60. The summed E-state index contributed by atoms with van der Waals surface area (Å²) in [5.41, 5.74) is 4.98. The van der Waals surface area contributed by atoms with Crippen molar-refractivity contribution in [1.82, 2.24) is 21.3 Å². The van der Waals surface area contributed by atoms with Crippen LogP contribution in [0.3, 0.4) is 0 Å². The molecular weight excluding hydrogens is 773 g/mol. The van der Waals surface area contributed by atoms with Gasteiger partial charge in [0.05, 0.1) is 26.2 Å². The zero-order chi connectivity index (χ0) is 39.5. The molecule has 0 aliphatic heterocycles. The third kappa shape index (κ3) is 25.2. The number of amides is 5. The molecule has 300 valence electrons. The predicted molar refractivity (Wildman–Crippen MR) is 195 cm³/mol. The average molecular weight is 825 g/mol. The van der Waals surface area contributed by atoms with E-state index in [4.69, 9.17) is 50.0 Å². The third-order valence-electron chi connectivity index (χ3n) is 7.09. The van der Waals surface area contributed by atoms with E-state index in [1.807, 2.05) is 5.32 Å². The Morgan fingerprint density at radius 1 is 0.712 bits per heavy atom. The smallest absolute Gasteiger partial charge is 0.407 e. The van der Waals surface area contributed by atoms with Gasteiger partial charge < -0.3 is 51.8 Å². The van der Waals surface area contributed by atoms with E-state index in [-0.39, 0.29) is 18.3 Å². The lowest BCUT2D eigenvalue weighted by atomic mass is 10.1. The molecule has 17 nitrogen and oxygen atoms in total. The number of hydrogen-bond acceptors (Lipinski definition) is 12. The standard InChI is InChI=1S/C31H52Cl3N5O12S/c1-2-3-4-5-6-7-8-9-10-12-25(43)50-13-11-14-52-18-23(39-30(49)51-19-31(32,33)34)28(46)38-22(17-41)27(45)37-21(16-40)26(44)36-20(29(47)48)15-24(35)42/h20-23,40-41H,2-19H2,1H3,(H2,35,42)(H,36,44)(H,37,45)(H,38,46)(H,39,49)(H,47,48)/t20-,21-,22-,23-/m0/s1. The molecule has 0 saturated heterocycles. The number of hydrogen-bond donors (Lipinski definition) is 8. The van der Waals surface area contributed by atoms with Gasteiger partial charge in [-0.1, -0.05) is 93.1 Å². The maximum absolute atomic E-state index is 13.1. The number of primary amides is 1. The first-order valence-electron chi connectivity index (χ1n) is 16.9. The molecule has 0 aliphatic carbocycles. The van der Waals surface area contributed by atoms with E-state index in [1.165, 1.54) is 43.9 Å². The number of esters is 1. The van der Waals surface area contributed by atoms with Gasteiger partial charge in [-0.3, -0.25) is 24.0 Å². The van der Waals surface area contributed by atoms with Gasteiger partial charge in [-0.05, 0) is 18.6 Å². The van der Waals surface area contributed by atoms with Gasteiger partial charge in [-0.2, -0.15) is 11.8 Å². The molecule has 0 rings (SSSR count). The van der Waals surface area contributed by atoms with Crippen molar-refractivity contribution in [1.29, 1.82) is 0 Å². The zero-order valence-electron chi connectivity index (χ0n) is 29.2. The van der Waals surface area contributed by atoms with Crippen LogP contribution in [0.1, 0.15) is 84.0 Å². The van der Waals surface area contributed by atoms with E-state index in [2.05, 4.69) is 22.9 Å². The number of rotatable bonds is 29. The summed E-state index contributed by atoms with van der Waals surface area (Å²) in [4.78, 5) is 85.2. The first-order valence-corrected chi connectivity index (χ1v) is 19.2. The Hall–Kier alpha value is -2.77. The lowest BCUT2D eigenvalue weighted by Crippen LogP contribution is -2.60. The second-order valence-electron chi connectivity index (χ2n) is 11.7. The molecular formula is C31H52Cl3N5O12S. The topological polar surface area (TPSA) is 273 Å². The molecule has 0 aromatic heterocycles. The third-order valence-corrected chi connectivity index (χ3v) is 8.57. The number of aliphatic hydroxyl groups excluding tert-OH is 2. The summed E-state index contributed by atoms with van der Waals surface area (Å²) in [6.07, 6.45) is 8.96.